The van der Waals surface area contributed by atoms with Crippen LogP contribution in [0, 0.1) is 0 Å². The molecule has 0 unspecified atom stereocenters. The Morgan fingerprint density at radius 3 is 1.69 bits per heavy atom. The lowest BCUT2D eigenvalue weighted by atomic mass is 10.1. The molecule has 0 aliphatic carbocycles. The Hall–Kier alpha value is -4.43. The molecule has 4 aromatic rings. The molecule has 0 aromatic carbocycles. The van der Waals surface area contributed by atoms with E-state index in [-0.39, 0.29) is 24.3 Å². The number of pyridine rings is 2. The van der Waals surface area contributed by atoms with E-state index in [0.29, 0.717) is 10.7 Å². The first-order chi connectivity index (χ1) is 23.3. The predicted octanol–water partition coefficient (Wildman–Crippen LogP) is 5.46. The van der Waals surface area contributed by atoms with Crippen LogP contribution in [0.25, 0.3) is 22.1 Å². The number of carbonyl (C=O) groups is 2. The summed E-state index contributed by atoms with van der Waals surface area (Å²) in [6.07, 6.45) is 13.0. The number of carbonyl (C=O) groups excluding carboxylic acids is 2. The van der Waals surface area contributed by atoms with Crippen molar-refractivity contribution < 1.29 is 19.1 Å². The molecule has 2 fully saturated rings. The molecule has 4 aromatic heterocycles. The van der Waals surface area contributed by atoms with Crippen molar-refractivity contribution in [3.8, 4) is 0 Å². The van der Waals surface area contributed by atoms with Crippen molar-refractivity contribution in [1.82, 2.24) is 45.9 Å². The van der Waals surface area contributed by atoms with Gasteiger partial charge in [0.2, 0.25) is 0 Å². The van der Waals surface area contributed by atoms with Crippen LogP contribution in [0.2, 0.25) is 5.15 Å². The molecule has 0 spiro atoms. The number of alkyl carbamates (subject to hydrolysis) is 2. The summed E-state index contributed by atoms with van der Waals surface area (Å²) < 4.78 is 10.5. The second-order valence-corrected chi connectivity index (χ2v) is 14.0. The van der Waals surface area contributed by atoms with Crippen molar-refractivity contribution >= 4 is 51.7 Å². The molecule has 264 valence electrons. The van der Waals surface area contributed by atoms with Crippen molar-refractivity contribution in [3.05, 3.63) is 54.5 Å². The van der Waals surface area contributed by atoms with E-state index in [1.165, 1.54) is 0 Å². The van der Waals surface area contributed by atoms with Gasteiger partial charge in [0.15, 0.2) is 11.0 Å². The number of hydrogen-bond acceptors (Lipinski definition) is 12. The Morgan fingerprint density at radius 2 is 1.16 bits per heavy atom. The maximum Gasteiger partial charge on any atom is 0.407 e. The average Bonchev–Trinajstić information content (AvgIpc) is 3.04. The second-order valence-electron chi connectivity index (χ2n) is 13.7. The Kier molecular flexibility index (Phi) is 13.2. The molecule has 0 atom stereocenters. The number of aromatic nitrogens is 6. The molecule has 6 rings (SSSR count). The third kappa shape index (κ3) is 12.5. The summed E-state index contributed by atoms with van der Waals surface area (Å²) in [6, 6.07) is 4.03. The Morgan fingerprint density at radius 1 is 0.694 bits per heavy atom. The first kappa shape index (κ1) is 37.4. The highest BCUT2D eigenvalue weighted by atomic mass is 35.5. The van der Waals surface area contributed by atoms with E-state index in [0.717, 1.165) is 74.2 Å². The van der Waals surface area contributed by atoms with Crippen molar-refractivity contribution in [3.63, 3.8) is 0 Å². The van der Waals surface area contributed by atoms with Gasteiger partial charge in [-0.2, -0.15) is 0 Å². The topological polar surface area (TPSA) is 169 Å². The number of amides is 2. The number of piperidine rings is 2. The average molecular weight is 695 g/mol. The van der Waals surface area contributed by atoms with Gasteiger partial charge in [-0.25, -0.2) is 29.5 Å². The molecule has 0 bridgehead atoms. The highest BCUT2D eigenvalue weighted by molar-refractivity contribution is 6.33. The molecule has 15 heteroatoms. The van der Waals surface area contributed by atoms with Gasteiger partial charge in [0.1, 0.15) is 22.2 Å². The Bertz CT molecular complexity index is 1660. The van der Waals surface area contributed by atoms with Crippen molar-refractivity contribution in [1.29, 1.82) is 0 Å². The minimum absolute atomic E-state index is 0.122. The largest absolute Gasteiger partial charge is 0.444 e. The number of nitrogens with one attached hydrogen (secondary N) is 3. The van der Waals surface area contributed by atoms with Crippen LogP contribution in [-0.2, 0) is 9.47 Å². The molecular formula is C34H47ClN10O4. The predicted molar refractivity (Wildman–Crippen MR) is 190 cm³/mol. The number of halogens is 1. The van der Waals surface area contributed by atoms with Crippen molar-refractivity contribution in [2.75, 3.05) is 31.1 Å². The summed E-state index contributed by atoms with van der Waals surface area (Å²) >= 11 is 5.74. The molecule has 6 heterocycles. The number of rotatable bonds is 3. The molecule has 0 radical (unpaired) electrons. The second kappa shape index (κ2) is 17.3. The molecule has 2 aliphatic rings. The number of hydrogen-bond donors (Lipinski definition) is 3. The quantitative estimate of drug-likeness (QED) is 0.232. The van der Waals surface area contributed by atoms with Crippen LogP contribution in [0.4, 0.5) is 15.4 Å². The summed E-state index contributed by atoms with van der Waals surface area (Å²) in [4.78, 5) is 50.6. The third-order valence-electron chi connectivity index (χ3n) is 7.29. The van der Waals surface area contributed by atoms with Crippen LogP contribution in [0.1, 0.15) is 67.2 Å². The molecule has 0 saturated carbocycles. The van der Waals surface area contributed by atoms with E-state index in [9.17, 15) is 9.59 Å². The van der Waals surface area contributed by atoms with E-state index in [4.69, 9.17) is 21.1 Å². The van der Waals surface area contributed by atoms with E-state index in [2.05, 4.69) is 50.8 Å². The minimum atomic E-state index is -0.476. The molecule has 2 saturated heterocycles. The van der Waals surface area contributed by atoms with Crippen molar-refractivity contribution in [2.24, 2.45) is 0 Å². The van der Waals surface area contributed by atoms with Gasteiger partial charge < -0.3 is 30.3 Å². The molecule has 2 aliphatic heterocycles. The van der Waals surface area contributed by atoms with Crippen LogP contribution in [0.5, 0.6) is 0 Å². The summed E-state index contributed by atoms with van der Waals surface area (Å²) in [5, 5.41) is 9.47. The van der Waals surface area contributed by atoms with Gasteiger partial charge in [-0.3, -0.25) is 9.97 Å². The van der Waals surface area contributed by atoms with Crippen LogP contribution < -0.4 is 20.9 Å². The zero-order chi connectivity index (χ0) is 35.4. The van der Waals surface area contributed by atoms with Crippen molar-refractivity contribution in [2.45, 2.75) is 90.5 Å². The summed E-state index contributed by atoms with van der Waals surface area (Å²) in [7, 11) is 0. The monoisotopic (exact) mass is 694 g/mol. The van der Waals surface area contributed by atoms with E-state index in [1.54, 1.807) is 43.2 Å². The molecular weight excluding hydrogens is 648 g/mol. The highest BCUT2D eigenvalue weighted by Crippen LogP contribution is 2.24. The zero-order valence-electron chi connectivity index (χ0n) is 29.1. The standard InChI is InChI=1S/C17H23N5O2.C10H20N2O2.C7H4ClN3/c1-17(2,3)24-16(23)21-12-5-10-22(11-6-12)15-14-13(4-7-20-15)18-8-9-19-14;1-10(2,3)14-9(13)12-8-4-6-11-7-5-8;8-7-6-5(1-2-11-7)9-3-4-10-6/h4,7-9,12H,5-6,10-11H2,1-3H3,(H,21,23);8,11H,4-7H2,1-3H3,(H,12,13);1-4H. The molecule has 49 heavy (non-hydrogen) atoms. The first-order valence-electron chi connectivity index (χ1n) is 16.5. The van der Waals surface area contributed by atoms with Gasteiger partial charge in [-0.1, -0.05) is 11.6 Å². The smallest absolute Gasteiger partial charge is 0.407 e. The fourth-order valence-corrected chi connectivity index (χ4v) is 5.33. The summed E-state index contributed by atoms with van der Waals surface area (Å²) in [5.74, 6) is 0.858. The van der Waals surface area contributed by atoms with Gasteiger partial charge in [-0.05, 0) is 92.4 Å². The van der Waals surface area contributed by atoms with Crippen LogP contribution in [0.3, 0.4) is 0 Å². The van der Waals surface area contributed by atoms with Gasteiger partial charge in [0.05, 0.1) is 11.0 Å². The number of ether oxygens (including phenoxy) is 2. The van der Waals surface area contributed by atoms with Gasteiger partial charge in [0, 0.05) is 62.4 Å². The fourth-order valence-electron chi connectivity index (χ4n) is 5.13. The maximum absolute atomic E-state index is 11.9. The number of fused-ring (bicyclic) bond motifs is 2. The van der Waals surface area contributed by atoms with E-state index >= 15 is 0 Å². The van der Waals surface area contributed by atoms with Crippen LogP contribution in [-0.4, -0.2) is 91.6 Å². The van der Waals surface area contributed by atoms with E-state index < -0.39 is 11.2 Å². The zero-order valence-corrected chi connectivity index (χ0v) is 29.8. The van der Waals surface area contributed by atoms with E-state index in [1.807, 2.05) is 47.6 Å². The Labute approximate surface area is 292 Å². The first-order valence-corrected chi connectivity index (χ1v) is 16.9. The Balaban J connectivity index is 0.000000183. The molecule has 3 N–H and O–H groups in total. The lowest BCUT2D eigenvalue weighted by Crippen LogP contribution is -2.46. The minimum Gasteiger partial charge on any atom is -0.444 e. The number of nitrogens with zero attached hydrogens (tertiary/aromatic N) is 7. The summed E-state index contributed by atoms with van der Waals surface area (Å²) in [5.41, 5.74) is 2.20. The molecule has 2 amide bonds. The highest BCUT2D eigenvalue weighted by Gasteiger charge is 2.25. The third-order valence-corrected chi connectivity index (χ3v) is 7.56. The normalized spacial score (nSPS) is 15.7. The maximum atomic E-state index is 11.9. The van der Waals surface area contributed by atoms with Gasteiger partial charge >= 0.3 is 12.2 Å². The van der Waals surface area contributed by atoms with Gasteiger partial charge in [-0.15, -0.1) is 0 Å². The van der Waals surface area contributed by atoms with Crippen LogP contribution in [0.15, 0.2) is 49.3 Å². The molecule has 14 nitrogen and oxygen atoms in total. The number of anilines is 1. The SMILES string of the molecule is CC(C)(C)OC(=O)NC1CCN(c2nccc3nccnc23)CC1.CC(C)(C)OC(=O)NC1CCNCC1.Clc1nccc2nccnc12. The lowest BCUT2D eigenvalue weighted by Gasteiger charge is -2.33. The fraction of sp³-hybridized carbons (Fsp3) is 0.529. The van der Waals surface area contributed by atoms with Crippen LogP contribution >= 0.6 is 11.6 Å². The summed E-state index contributed by atoms with van der Waals surface area (Å²) in [6.45, 7) is 14.8. The lowest BCUT2D eigenvalue weighted by molar-refractivity contribution is 0.0484. The van der Waals surface area contributed by atoms with Gasteiger partial charge in [0.25, 0.3) is 0 Å².